The number of piperidine rings is 1. The predicted octanol–water partition coefficient (Wildman–Crippen LogP) is 1.40. The van der Waals surface area contributed by atoms with E-state index in [-0.39, 0.29) is 0 Å². The number of likely N-dealkylation sites (tertiary alicyclic amines) is 2. The van der Waals surface area contributed by atoms with E-state index in [1.165, 1.54) is 65.0 Å². The van der Waals surface area contributed by atoms with Crippen molar-refractivity contribution >= 4 is 0 Å². The van der Waals surface area contributed by atoms with Gasteiger partial charge in [-0.2, -0.15) is 0 Å². The van der Waals surface area contributed by atoms with Gasteiger partial charge in [0.25, 0.3) is 0 Å². The number of nitrogens with one attached hydrogen (secondary N) is 1. The molecule has 0 aromatic heterocycles. The van der Waals surface area contributed by atoms with Crippen LogP contribution in [0.2, 0.25) is 0 Å². The summed E-state index contributed by atoms with van der Waals surface area (Å²) in [6, 6.07) is 1.82. The van der Waals surface area contributed by atoms with E-state index in [2.05, 4.69) is 22.0 Å². The molecular formula is C16H29N3. The van der Waals surface area contributed by atoms with Gasteiger partial charge in [0, 0.05) is 25.2 Å². The molecule has 3 aliphatic heterocycles. The van der Waals surface area contributed by atoms with Crippen LogP contribution in [0.5, 0.6) is 0 Å². The fourth-order valence-electron chi connectivity index (χ4n) is 4.84. The van der Waals surface area contributed by atoms with E-state index in [1.54, 1.807) is 0 Å². The SMILES string of the molecule is CC1CCN(C2CN(C3CC4CNCC4C3)C2)CC1. The molecule has 3 nitrogen and oxygen atoms in total. The van der Waals surface area contributed by atoms with Crippen LogP contribution in [0, 0.1) is 17.8 Å². The minimum atomic E-state index is 0.895. The van der Waals surface area contributed by atoms with Crippen LogP contribution in [0.1, 0.15) is 32.6 Å². The smallest absolute Gasteiger partial charge is 0.0350 e. The standard InChI is InChI=1S/C16H29N3/c1-12-2-4-18(5-3-12)16-10-19(11-16)15-6-13-8-17-9-14(13)7-15/h12-17H,2-11H2,1H3. The monoisotopic (exact) mass is 263 g/mol. The molecule has 108 valence electrons. The van der Waals surface area contributed by atoms with Crippen molar-refractivity contribution in [3.63, 3.8) is 0 Å². The molecule has 19 heavy (non-hydrogen) atoms. The molecule has 3 saturated heterocycles. The molecule has 2 unspecified atom stereocenters. The molecule has 0 aromatic carbocycles. The van der Waals surface area contributed by atoms with Crippen LogP contribution in [0.25, 0.3) is 0 Å². The summed E-state index contributed by atoms with van der Waals surface area (Å²) in [4.78, 5) is 5.56. The van der Waals surface area contributed by atoms with Crippen LogP contribution in [0.15, 0.2) is 0 Å². The fraction of sp³-hybridized carbons (Fsp3) is 1.00. The Hall–Kier alpha value is -0.120. The minimum Gasteiger partial charge on any atom is -0.316 e. The van der Waals surface area contributed by atoms with Crippen LogP contribution < -0.4 is 5.32 Å². The topological polar surface area (TPSA) is 18.5 Å². The van der Waals surface area contributed by atoms with Crippen molar-refractivity contribution in [1.29, 1.82) is 0 Å². The second-order valence-corrected chi connectivity index (χ2v) is 7.63. The van der Waals surface area contributed by atoms with Crippen LogP contribution in [0.3, 0.4) is 0 Å². The zero-order valence-corrected chi connectivity index (χ0v) is 12.4. The lowest BCUT2D eigenvalue weighted by Crippen LogP contribution is -2.62. The van der Waals surface area contributed by atoms with Gasteiger partial charge >= 0.3 is 0 Å². The Morgan fingerprint density at radius 2 is 1.47 bits per heavy atom. The van der Waals surface area contributed by atoms with E-state index in [9.17, 15) is 0 Å². The average Bonchev–Trinajstić information content (AvgIpc) is 2.90. The quantitative estimate of drug-likeness (QED) is 0.812. The Kier molecular flexibility index (Phi) is 3.33. The van der Waals surface area contributed by atoms with E-state index >= 15 is 0 Å². The van der Waals surface area contributed by atoms with Crippen molar-refractivity contribution in [1.82, 2.24) is 15.1 Å². The highest BCUT2D eigenvalue weighted by molar-refractivity contribution is 5.00. The molecule has 3 heterocycles. The molecular weight excluding hydrogens is 234 g/mol. The maximum absolute atomic E-state index is 3.56. The van der Waals surface area contributed by atoms with Gasteiger partial charge in [-0.05, 0) is 69.6 Å². The van der Waals surface area contributed by atoms with E-state index < -0.39 is 0 Å². The zero-order chi connectivity index (χ0) is 12.8. The summed E-state index contributed by atoms with van der Waals surface area (Å²) in [5, 5.41) is 3.56. The van der Waals surface area contributed by atoms with Crippen molar-refractivity contribution < 1.29 is 0 Å². The van der Waals surface area contributed by atoms with Gasteiger partial charge in [0.1, 0.15) is 0 Å². The molecule has 3 heteroatoms. The van der Waals surface area contributed by atoms with Gasteiger partial charge in [-0.1, -0.05) is 6.92 Å². The third-order valence-corrected chi connectivity index (χ3v) is 6.37. The van der Waals surface area contributed by atoms with E-state index in [1.807, 2.05) is 0 Å². The highest BCUT2D eigenvalue weighted by Gasteiger charge is 2.44. The maximum Gasteiger partial charge on any atom is 0.0350 e. The summed E-state index contributed by atoms with van der Waals surface area (Å²) >= 11 is 0. The van der Waals surface area contributed by atoms with E-state index in [0.29, 0.717) is 0 Å². The molecule has 4 fully saturated rings. The summed E-state index contributed by atoms with van der Waals surface area (Å²) in [7, 11) is 0. The van der Waals surface area contributed by atoms with Crippen molar-refractivity contribution in [2.24, 2.45) is 17.8 Å². The molecule has 4 aliphatic rings. The van der Waals surface area contributed by atoms with Crippen molar-refractivity contribution in [3.8, 4) is 0 Å². The van der Waals surface area contributed by atoms with Crippen LogP contribution in [-0.4, -0.2) is 61.2 Å². The Morgan fingerprint density at radius 1 is 0.842 bits per heavy atom. The number of rotatable bonds is 2. The van der Waals surface area contributed by atoms with Gasteiger partial charge in [-0.15, -0.1) is 0 Å². The number of hydrogen-bond donors (Lipinski definition) is 1. The first kappa shape index (κ1) is 12.6. The summed E-state index contributed by atoms with van der Waals surface area (Å²) in [5.41, 5.74) is 0. The van der Waals surface area contributed by atoms with E-state index in [0.717, 1.165) is 29.8 Å². The lowest BCUT2D eigenvalue weighted by molar-refractivity contribution is -0.00901. The summed E-state index contributed by atoms with van der Waals surface area (Å²) in [6.07, 6.45) is 5.80. The van der Waals surface area contributed by atoms with Crippen molar-refractivity contribution in [2.75, 3.05) is 39.3 Å². The van der Waals surface area contributed by atoms with Gasteiger partial charge in [0.15, 0.2) is 0 Å². The van der Waals surface area contributed by atoms with Gasteiger partial charge < -0.3 is 5.32 Å². The zero-order valence-electron chi connectivity index (χ0n) is 12.4. The Bertz CT molecular complexity index is 306. The first-order chi connectivity index (χ1) is 9.29. The first-order valence-electron chi connectivity index (χ1n) is 8.48. The van der Waals surface area contributed by atoms with Crippen LogP contribution in [-0.2, 0) is 0 Å². The Labute approximate surface area is 117 Å². The molecule has 0 spiro atoms. The Balaban J connectivity index is 1.25. The second kappa shape index (κ2) is 5.01. The first-order valence-corrected chi connectivity index (χ1v) is 8.48. The molecule has 4 rings (SSSR count). The van der Waals surface area contributed by atoms with Crippen LogP contribution in [0.4, 0.5) is 0 Å². The third kappa shape index (κ3) is 2.34. The third-order valence-electron chi connectivity index (χ3n) is 6.37. The molecule has 0 bridgehead atoms. The molecule has 0 radical (unpaired) electrons. The van der Waals surface area contributed by atoms with E-state index in [4.69, 9.17) is 0 Å². The lowest BCUT2D eigenvalue weighted by Gasteiger charge is -2.50. The van der Waals surface area contributed by atoms with Gasteiger partial charge in [0.2, 0.25) is 0 Å². The van der Waals surface area contributed by atoms with Crippen LogP contribution >= 0.6 is 0 Å². The van der Waals surface area contributed by atoms with Gasteiger partial charge in [-0.25, -0.2) is 0 Å². The van der Waals surface area contributed by atoms with Crippen molar-refractivity contribution in [2.45, 2.75) is 44.7 Å². The highest BCUT2D eigenvalue weighted by Crippen LogP contribution is 2.39. The molecule has 0 amide bonds. The molecule has 1 aliphatic carbocycles. The summed E-state index contributed by atoms with van der Waals surface area (Å²) < 4.78 is 0. The fourth-order valence-corrected chi connectivity index (χ4v) is 4.84. The molecule has 1 N–H and O–H groups in total. The normalized spacial score (nSPS) is 42.5. The number of hydrogen-bond acceptors (Lipinski definition) is 3. The van der Waals surface area contributed by atoms with Gasteiger partial charge in [0.05, 0.1) is 0 Å². The molecule has 2 atom stereocenters. The lowest BCUT2D eigenvalue weighted by atomic mass is 9.95. The number of nitrogens with zero attached hydrogens (tertiary/aromatic N) is 2. The van der Waals surface area contributed by atoms with Crippen molar-refractivity contribution in [3.05, 3.63) is 0 Å². The largest absolute Gasteiger partial charge is 0.316 e. The molecule has 1 saturated carbocycles. The second-order valence-electron chi connectivity index (χ2n) is 7.63. The van der Waals surface area contributed by atoms with Gasteiger partial charge in [-0.3, -0.25) is 9.80 Å². The maximum atomic E-state index is 3.56. The average molecular weight is 263 g/mol. The number of fused-ring (bicyclic) bond motifs is 1. The highest BCUT2D eigenvalue weighted by atomic mass is 15.3. The predicted molar refractivity (Wildman–Crippen MR) is 78.2 cm³/mol. The molecule has 0 aromatic rings. The summed E-state index contributed by atoms with van der Waals surface area (Å²) in [5.74, 6) is 2.97. The Morgan fingerprint density at radius 3 is 2.11 bits per heavy atom. The summed E-state index contributed by atoms with van der Waals surface area (Å²) in [6.45, 7) is 10.5. The minimum absolute atomic E-state index is 0.895.